The molecule has 0 spiro atoms. The summed E-state index contributed by atoms with van der Waals surface area (Å²) in [7, 11) is 0. The van der Waals surface area contributed by atoms with Gasteiger partial charge in [-0.25, -0.2) is 0 Å². The number of nitrogens with one attached hydrogen (secondary N) is 1. The van der Waals surface area contributed by atoms with Gasteiger partial charge in [-0.05, 0) is 50.6 Å². The lowest BCUT2D eigenvalue weighted by molar-refractivity contribution is -0.122. The van der Waals surface area contributed by atoms with Crippen LogP contribution in [0.4, 0.5) is 0 Å². The Kier molecular flexibility index (Phi) is 6.87. The summed E-state index contributed by atoms with van der Waals surface area (Å²) in [6.07, 6.45) is 1.16. The molecule has 1 aromatic rings. The molecule has 1 rings (SSSR count). The van der Waals surface area contributed by atoms with Gasteiger partial charge in [-0.1, -0.05) is 15.9 Å². The monoisotopic (exact) mass is 328 g/mol. The van der Waals surface area contributed by atoms with Crippen LogP contribution in [0.5, 0.6) is 5.75 Å². The molecule has 0 saturated carbocycles. The van der Waals surface area contributed by atoms with Gasteiger partial charge in [0, 0.05) is 10.5 Å². The number of benzene rings is 1. The van der Waals surface area contributed by atoms with E-state index >= 15 is 0 Å². The summed E-state index contributed by atoms with van der Waals surface area (Å²) >= 11 is 3.47. The maximum absolute atomic E-state index is 11.5. The fourth-order valence-electron chi connectivity index (χ4n) is 1.64. The standard InChI is InChI=1S/C14H21BrN2O2/c1-10(2)17-14(18)6-8-19-12-3-4-13(15)11(9-12)5-7-16/h3-4,9-10H,5-8,16H2,1-2H3,(H,17,18). The van der Waals surface area contributed by atoms with E-state index in [4.69, 9.17) is 10.5 Å². The van der Waals surface area contributed by atoms with E-state index in [1.807, 2.05) is 32.0 Å². The lowest BCUT2D eigenvalue weighted by Gasteiger charge is -2.11. The molecule has 5 heteroatoms. The van der Waals surface area contributed by atoms with E-state index in [2.05, 4.69) is 21.2 Å². The summed E-state index contributed by atoms with van der Waals surface area (Å²) in [5.74, 6) is 0.776. The van der Waals surface area contributed by atoms with Crippen molar-refractivity contribution in [3.8, 4) is 5.75 Å². The Hall–Kier alpha value is -1.07. The molecular formula is C14H21BrN2O2. The Morgan fingerprint density at radius 2 is 2.21 bits per heavy atom. The average Bonchev–Trinajstić information content (AvgIpc) is 2.32. The fourth-order valence-corrected chi connectivity index (χ4v) is 2.09. The van der Waals surface area contributed by atoms with Gasteiger partial charge < -0.3 is 15.8 Å². The highest BCUT2D eigenvalue weighted by atomic mass is 79.9. The minimum atomic E-state index is 0.00860. The largest absolute Gasteiger partial charge is 0.493 e. The molecule has 0 aliphatic carbocycles. The first kappa shape index (κ1) is 16.0. The SMILES string of the molecule is CC(C)NC(=O)CCOc1ccc(Br)c(CCN)c1. The van der Waals surface area contributed by atoms with E-state index in [1.54, 1.807) is 0 Å². The third kappa shape index (κ3) is 6.07. The second-order valence-electron chi connectivity index (χ2n) is 4.61. The van der Waals surface area contributed by atoms with Gasteiger partial charge in [-0.3, -0.25) is 4.79 Å². The van der Waals surface area contributed by atoms with Crippen LogP contribution in [-0.2, 0) is 11.2 Å². The topological polar surface area (TPSA) is 64.3 Å². The third-order valence-electron chi connectivity index (χ3n) is 2.48. The molecule has 19 heavy (non-hydrogen) atoms. The van der Waals surface area contributed by atoms with Crippen molar-refractivity contribution in [3.63, 3.8) is 0 Å². The molecule has 0 aromatic heterocycles. The van der Waals surface area contributed by atoms with E-state index in [-0.39, 0.29) is 11.9 Å². The van der Waals surface area contributed by atoms with Crippen LogP contribution < -0.4 is 15.8 Å². The Balaban J connectivity index is 2.45. The first-order valence-corrected chi connectivity index (χ1v) is 7.23. The summed E-state index contributed by atoms with van der Waals surface area (Å²) in [6.45, 7) is 4.85. The number of hydrogen-bond donors (Lipinski definition) is 2. The van der Waals surface area contributed by atoms with Gasteiger partial charge in [0.1, 0.15) is 5.75 Å². The average molecular weight is 329 g/mol. The Morgan fingerprint density at radius 3 is 2.84 bits per heavy atom. The van der Waals surface area contributed by atoms with Crippen LogP contribution in [-0.4, -0.2) is 25.1 Å². The zero-order chi connectivity index (χ0) is 14.3. The second-order valence-corrected chi connectivity index (χ2v) is 5.47. The van der Waals surface area contributed by atoms with Crippen molar-refractivity contribution >= 4 is 21.8 Å². The van der Waals surface area contributed by atoms with Crippen LogP contribution in [0.25, 0.3) is 0 Å². The lowest BCUT2D eigenvalue weighted by Crippen LogP contribution is -2.31. The Labute approximate surface area is 122 Å². The van der Waals surface area contributed by atoms with E-state index in [0.717, 1.165) is 22.2 Å². The summed E-state index contributed by atoms with van der Waals surface area (Å²) in [4.78, 5) is 11.5. The maximum Gasteiger partial charge on any atom is 0.223 e. The lowest BCUT2D eigenvalue weighted by atomic mass is 10.1. The molecule has 0 saturated heterocycles. The molecule has 0 radical (unpaired) electrons. The van der Waals surface area contributed by atoms with E-state index in [1.165, 1.54) is 0 Å². The van der Waals surface area contributed by atoms with Crippen LogP contribution in [0.1, 0.15) is 25.8 Å². The number of carbonyl (C=O) groups excluding carboxylic acids is 1. The fraction of sp³-hybridized carbons (Fsp3) is 0.500. The molecule has 0 aliphatic heterocycles. The van der Waals surface area contributed by atoms with Crippen molar-refractivity contribution in [1.29, 1.82) is 0 Å². The molecule has 0 bridgehead atoms. The van der Waals surface area contributed by atoms with Gasteiger partial charge in [0.15, 0.2) is 0 Å². The number of amides is 1. The van der Waals surface area contributed by atoms with Gasteiger partial charge in [-0.2, -0.15) is 0 Å². The van der Waals surface area contributed by atoms with Gasteiger partial charge in [-0.15, -0.1) is 0 Å². The molecular weight excluding hydrogens is 308 g/mol. The molecule has 0 atom stereocenters. The molecule has 0 heterocycles. The molecule has 0 fully saturated rings. The summed E-state index contributed by atoms with van der Waals surface area (Å²) in [6, 6.07) is 5.94. The van der Waals surface area contributed by atoms with Crippen molar-refractivity contribution in [2.45, 2.75) is 32.7 Å². The number of hydrogen-bond acceptors (Lipinski definition) is 3. The smallest absolute Gasteiger partial charge is 0.223 e. The first-order chi connectivity index (χ1) is 9.02. The number of rotatable bonds is 7. The van der Waals surface area contributed by atoms with Crippen molar-refractivity contribution in [2.24, 2.45) is 5.73 Å². The van der Waals surface area contributed by atoms with Gasteiger partial charge in [0.2, 0.25) is 5.91 Å². The molecule has 0 aliphatic rings. The highest BCUT2D eigenvalue weighted by molar-refractivity contribution is 9.10. The minimum Gasteiger partial charge on any atom is -0.493 e. The Bertz CT molecular complexity index is 422. The molecule has 1 amide bonds. The number of nitrogens with two attached hydrogens (primary N) is 1. The van der Waals surface area contributed by atoms with E-state index in [0.29, 0.717) is 19.6 Å². The molecule has 106 valence electrons. The zero-order valence-electron chi connectivity index (χ0n) is 11.4. The highest BCUT2D eigenvalue weighted by Crippen LogP contribution is 2.22. The zero-order valence-corrected chi connectivity index (χ0v) is 13.0. The minimum absolute atomic E-state index is 0.00860. The van der Waals surface area contributed by atoms with E-state index < -0.39 is 0 Å². The predicted molar refractivity (Wildman–Crippen MR) is 80.3 cm³/mol. The quantitative estimate of drug-likeness (QED) is 0.806. The van der Waals surface area contributed by atoms with Crippen molar-refractivity contribution < 1.29 is 9.53 Å². The van der Waals surface area contributed by atoms with E-state index in [9.17, 15) is 4.79 Å². The first-order valence-electron chi connectivity index (χ1n) is 6.43. The van der Waals surface area contributed by atoms with Crippen LogP contribution in [0.3, 0.4) is 0 Å². The van der Waals surface area contributed by atoms with Crippen LogP contribution in [0.2, 0.25) is 0 Å². The van der Waals surface area contributed by atoms with Gasteiger partial charge in [0.25, 0.3) is 0 Å². The summed E-state index contributed by atoms with van der Waals surface area (Å²) < 4.78 is 6.61. The second kappa shape index (κ2) is 8.17. The molecule has 0 unspecified atom stereocenters. The van der Waals surface area contributed by atoms with Crippen LogP contribution >= 0.6 is 15.9 Å². The van der Waals surface area contributed by atoms with Crippen molar-refractivity contribution in [2.75, 3.05) is 13.2 Å². The molecule has 1 aromatic carbocycles. The maximum atomic E-state index is 11.5. The van der Waals surface area contributed by atoms with Crippen molar-refractivity contribution in [3.05, 3.63) is 28.2 Å². The summed E-state index contributed by atoms with van der Waals surface area (Å²) in [5.41, 5.74) is 6.67. The van der Waals surface area contributed by atoms with Gasteiger partial charge in [0.05, 0.1) is 13.0 Å². The normalized spacial score (nSPS) is 10.6. The number of halogens is 1. The molecule has 3 N–H and O–H groups in total. The van der Waals surface area contributed by atoms with Crippen LogP contribution in [0.15, 0.2) is 22.7 Å². The number of carbonyl (C=O) groups is 1. The third-order valence-corrected chi connectivity index (χ3v) is 3.25. The Morgan fingerprint density at radius 1 is 1.47 bits per heavy atom. The highest BCUT2D eigenvalue weighted by Gasteiger charge is 2.05. The molecule has 4 nitrogen and oxygen atoms in total. The van der Waals surface area contributed by atoms with Crippen molar-refractivity contribution in [1.82, 2.24) is 5.32 Å². The predicted octanol–water partition coefficient (Wildman–Crippen LogP) is 2.24. The summed E-state index contributed by atoms with van der Waals surface area (Å²) in [5, 5.41) is 2.83. The number of ether oxygens (including phenoxy) is 1. The van der Waals surface area contributed by atoms with Crippen LogP contribution in [0, 0.1) is 0 Å². The van der Waals surface area contributed by atoms with Gasteiger partial charge >= 0.3 is 0 Å².